The van der Waals surface area contributed by atoms with Gasteiger partial charge in [0.15, 0.2) is 0 Å². The number of nitrogens with zero attached hydrogens (tertiary/aromatic N) is 2. The van der Waals surface area contributed by atoms with Crippen molar-refractivity contribution in [3.05, 3.63) is 0 Å². The van der Waals surface area contributed by atoms with Crippen molar-refractivity contribution in [2.75, 3.05) is 46.9 Å². The van der Waals surface area contributed by atoms with Crippen molar-refractivity contribution < 1.29 is 18.3 Å². The summed E-state index contributed by atoms with van der Waals surface area (Å²) in [4.78, 5) is 0. The molecule has 29 heavy (non-hydrogen) atoms. The SMILES string of the molecule is COC1CCC2CNN(C)C2C1NS(=O)(=O)C1CCC(N2CC(CO)CN2)NC1. The van der Waals surface area contributed by atoms with E-state index in [9.17, 15) is 13.5 Å². The Hall–Kier alpha value is -0.370. The number of nitrogens with one attached hydrogen (secondary N) is 4. The lowest BCUT2D eigenvalue weighted by Gasteiger charge is -2.42. The Labute approximate surface area is 173 Å². The van der Waals surface area contributed by atoms with Gasteiger partial charge in [0, 0.05) is 58.9 Å². The van der Waals surface area contributed by atoms with Crippen LogP contribution in [0.2, 0.25) is 0 Å². The van der Waals surface area contributed by atoms with Crippen LogP contribution < -0.4 is 20.9 Å². The van der Waals surface area contributed by atoms with Crippen LogP contribution in [0.5, 0.6) is 0 Å². The normalized spacial score (nSPS) is 42.2. The first-order valence-corrected chi connectivity index (χ1v) is 12.3. The van der Waals surface area contributed by atoms with Crippen LogP contribution in [-0.2, 0) is 14.8 Å². The molecule has 168 valence electrons. The van der Waals surface area contributed by atoms with Crippen molar-refractivity contribution in [3.8, 4) is 0 Å². The molecule has 3 aliphatic heterocycles. The average Bonchev–Trinajstić information content (AvgIpc) is 3.35. The summed E-state index contributed by atoms with van der Waals surface area (Å²) in [5, 5.41) is 16.4. The van der Waals surface area contributed by atoms with Gasteiger partial charge in [-0.2, -0.15) is 0 Å². The Morgan fingerprint density at radius 2 is 1.97 bits per heavy atom. The van der Waals surface area contributed by atoms with E-state index in [4.69, 9.17) is 4.74 Å². The molecular weight excluding hydrogens is 396 g/mol. The van der Waals surface area contributed by atoms with Gasteiger partial charge >= 0.3 is 0 Å². The van der Waals surface area contributed by atoms with Gasteiger partial charge in [0.1, 0.15) is 0 Å². The highest BCUT2D eigenvalue weighted by molar-refractivity contribution is 7.90. The first-order valence-electron chi connectivity index (χ1n) is 10.8. The second kappa shape index (κ2) is 9.01. The topological polar surface area (TPSA) is 118 Å². The van der Waals surface area contributed by atoms with E-state index in [-0.39, 0.29) is 36.9 Å². The Morgan fingerprint density at radius 1 is 1.14 bits per heavy atom. The van der Waals surface area contributed by atoms with Gasteiger partial charge in [-0.25, -0.2) is 23.2 Å². The fourth-order valence-electron chi connectivity index (χ4n) is 5.44. The van der Waals surface area contributed by atoms with E-state index in [2.05, 4.69) is 30.9 Å². The minimum atomic E-state index is -3.48. The number of ether oxygens (including phenoxy) is 1. The quantitative estimate of drug-likeness (QED) is 0.326. The molecule has 0 aromatic rings. The molecule has 5 N–H and O–H groups in total. The fraction of sp³-hybridized carbons (Fsp3) is 1.00. The van der Waals surface area contributed by atoms with Crippen molar-refractivity contribution in [2.45, 2.75) is 55.3 Å². The molecule has 7 atom stereocenters. The fourth-order valence-corrected chi connectivity index (χ4v) is 7.07. The monoisotopic (exact) mass is 432 g/mol. The molecule has 11 heteroatoms. The third-order valence-electron chi connectivity index (χ3n) is 7.18. The Morgan fingerprint density at radius 3 is 2.62 bits per heavy atom. The zero-order valence-electron chi connectivity index (χ0n) is 17.4. The number of hydrogen-bond donors (Lipinski definition) is 5. The van der Waals surface area contributed by atoms with Crippen molar-refractivity contribution in [1.29, 1.82) is 0 Å². The third kappa shape index (κ3) is 4.48. The van der Waals surface area contributed by atoms with Gasteiger partial charge in [0.05, 0.1) is 23.6 Å². The minimum Gasteiger partial charge on any atom is -0.396 e. The summed E-state index contributed by atoms with van der Waals surface area (Å²) in [5.41, 5.74) is 6.65. The summed E-state index contributed by atoms with van der Waals surface area (Å²) >= 11 is 0. The van der Waals surface area contributed by atoms with E-state index in [0.29, 0.717) is 18.9 Å². The average molecular weight is 433 g/mol. The summed E-state index contributed by atoms with van der Waals surface area (Å²) in [6.07, 6.45) is 3.28. The highest BCUT2D eigenvalue weighted by Gasteiger charge is 2.47. The molecule has 0 aromatic carbocycles. The van der Waals surface area contributed by atoms with Crippen molar-refractivity contribution >= 4 is 10.0 Å². The zero-order valence-corrected chi connectivity index (χ0v) is 18.2. The standard InChI is InChI=1S/C18H36N6O4S/c1-23-18-13(8-20-23)3-5-15(28-2)17(18)22-29(26,27)14-4-6-16(19-9-14)24-10-12(11-25)7-21-24/h12-22,25H,3-11H2,1-2H3. The highest BCUT2D eigenvalue weighted by atomic mass is 32.2. The van der Waals surface area contributed by atoms with Crippen molar-refractivity contribution in [2.24, 2.45) is 11.8 Å². The maximum atomic E-state index is 13.2. The van der Waals surface area contributed by atoms with Crippen LogP contribution in [0.25, 0.3) is 0 Å². The van der Waals surface area contributed by atoms with Crippen LogP contribution >= 0.6 is 0 Å². The molecule has 0 aromatic heterocycles. The maximum Gasteiger partial charge on any atom is 0.216 e. The van der Waals surface area contributed by atoms with E-state index in [0.717, 1.165) is 38.9 Å². The second-order valence-electron chi connectivity index (χ2n) is 8.95. The number of methoxy groups -OCH3 is 1. The number of rotatable bonds is 6. The van der Waals surface area contributed by atoms with E-state index >= 15 is 0 Å². The third-order valence-corrected chi connectivity index (χ3v) is 9.06. The molecule has 4 aliphatic rings. The lowest BCUT2D eigenvalue weighted by Crippen LogP contribution is -2.62. The van der Waals surface area contributed by atoms with Crippen LogP contribution in [0.4, 0.5) is 0 Å². The van der Waals surface area contributed by atoms with Crippen LogP contribution in [0.15, 0.2) is 0 Å². The number of hydrazine groups is 2. The molecule has 10 nitrogen and oxygen atoms in total. The van der Waals surface area contributed by atoms with Gasteiger partial charge in [-0.15, -0.1) is 0 Å². The molecule has 1 aliphatic carbocycles. The molecule has 7 unspecified atom stereocenters. The lowest BCUT2D eigenvalue weighted by molar-refractivity contribution is 0.00320. The van der Waals surface area contributed by atoms with E-state index in [1.54, 1.807) is 7.11 Å². The summed E-state index contributed by atoms with van der Waals surface area (Å²) in [7, 11) is 0.180. The molecule has 0 bridgehead atoms. The number of hydrogen-bond acceptors (Lipinski definition) is 9. The van der Waals surface area contributed by atoms with E-state index < -0.39 is 15.3 Å². The molecule has 4 rings (SSSR count). The first kappa shape index (κ1) is 21.8. The number of aliphatic hydroxyl groups is 1. The summed E-state index contributed by atoms with van der Waals surface area (Å²) < 4.78 is 35.2. The first-order chi connectivity index (χ1) is 13.9. The summed E-state index contributed by atoms with van der Waals surface area (Å²) in [5.74, 6) is 0.677. The Bertz CT molecular complexity index is 659. The number of likely N-dealkylation sites (N-methyl/N-ethyl adjacent to an activating group) is 1. The molecule has 3 heterocycles. The van der Waals surface area contributed by atoms with Crippen molar-refractivity contribution in [1.82, 2.24) is 30.9 Å². The molecule has 4 fully saturated rings. The van der Waals surface area contributed by atoms with E-state index in [1.165, 1.54) is 0 Å². The number of piperidine rings is 1. The van der Waals surface area contributed by atoms with Crippen molar-refractivity contribution in [3.63, 3.8) is 0 Å². The molecule has 0 spiro atoms. The predicted molar refractivity (Wildman–Crippen MR) is 109 cm³/mol. The summed E-state index contributed by atoms with van der Waals surface area (Å²) in [6.45, 7) is 3.03. The molecule has 3 saturated heterocycles. The molecule has 0 amide bonds. The lowest BCUT2D eigenvalue weighted by atomic mass is 9.80. The van der Waals surface area contributed by atoms with Crippen LogP contribution in [0.1, 0.15) is 25.7 Å². The van der Waals surface area contributed by atoms with Crippen LogP contribution in [0, 0.1) is 11.8 Å². The maximum absolute atomic E-state index is 13.2. The smallest absolute Gasteiger partial charge is 0.216 e. The summed E-state index contributed by atoms with van der Waals surface area (Å²) in [6, 6.07) is -0.135. The van der Waals surface area contributed by atoms with Gasteiger partial charge in [-0.1, -0.05) is 0 Å². The number of sulfonamides is 1. The van der Waals surface area contributed by atoms with Crippen LogP contribution in [0.3, 0.4) is 0 Å². The van der Waals surface area contributed by atoms with Gasteiger partial charge in [0.2, 0.25) is 10.0 Å². The molecular formula is C18H36N6O4S. The number of aliphatic hydroxyl groups excluding tert-OH is 1. The van der Waals surface area contributed by atoms with Gasteiger partial charge in [-0.3, -0.25) is 16.2 Å². The minimum absolute atomic E-state index is 0.106. The largest absolute Gasteiger partial charge is 0.396 e. The second-order valence-corrected chi connectivity index (χ2v) is 10.9. The Balaban J connectivity index is 1.37. The molecule has 1 saturated carbocycles. The predicted octanol–water partition coefficient (Wildman–Crippen LogP) is -1.98. The zero-order chi connectivity index (χ0) is 20.6. The van der Waals surface area contributed by atoms with E-state index in [1.807, 2.05) is 7.05 Å². The van der Waals surface area contributed by atoms with Crippen LogP contribution in [-0.4, -0.2) is 100 Å². The van der Waals surface area contributed by atoms with Gasteiger partial charge < -0.3 is 9.84 Å². The Kier molecular flexibility index (Phi) is 6.79. The van der Waals surface area contributed by atoms with Gasteiger partial charge in [-0.05, 0) is 31.6 Å². The van der Waals surface area contributed by atoms with Gasteiger partial charge in [0.25, 0.3) is 0 Å². The molecule has 0 radical (unpaired) electrons. The number of fused-ring (bicyclic) bond motifs is 1. The highest BCUT2D eigenvalue weighted by Crippen LogP contribution is 2.33.